The van der Waals surface area contributed by atoms with E-state index in [1.165, 1.54) is 0 Å². The van der Waals surface area contributed by atoms with Crippen LogP contribution in [0.15, 0.2) is 29.4 Å². The zero-order chi connectivity index (χ0) is 12.5. The van der Waals surface area contributed by atoms with Gasteiger partial charge in [0.2, 0.25) is 5.16 Å². The number of nitrogens with two attached hydrogens (primary N) is 1. The lowest BCUT2D eigenvalue weighted by molar-refractivity contribution is 0.275. The number of rotatable bonds is 2. The third-order valence-corrected chi connectivity index (χ3v) is 4.21. The van der Waals surface area contributed by atoms with Gasteiger partial charge in [-0.05, 0) is 16.5 Å². The Kier molecular flexibility index (Phi) is 2.92. The van der Waals surface area contributed by atoms with Crippen LogP contribution in [0.1, 0.15) is 11.6 Å². The molecule has 0 fully saturated rings. The summed E-state index contributed by atoms with van der Waals surface area (Å²) in [4.78, 5) is 0. The van der Waals surface area contributed by atoms with E-state index in [9.17, 15) is 0 Å². The minimum Gasteiger partial charge on any atom is -0.492 e. The number of aryl methyl sites for hydroxylation is 1. The standard InChI is InChI=1S/C11H13N5OS/c1-16-11(13-14-15-16)18-9-6-17-8-5-3-2-4-7(8)10(9)12/h2-5,9-10H,6,12H2,1H3. The average molecular weight is 263 g/mol. The summed E-state index contributed by atoms with van der Waals surface area (Å²) < 4.78 is 7.35. The van der Waals surface area contributed by atoms with E-state index in [1.54, 1.807) is 16.4 Å². The summed E-state index contributed by atoms with van der Waals surface area (Å²) >= 11 is 1.55. The fraction of sp³-hybridized carbons (Fsp3) is 0.364. The van der Waals surface area contributed by atoms with Gasteiger partial charge in [0, 0.05) is 18.7 Å². The maximum atomic E-state index is 6.28. The van der Waals surface area contributed by atoms with Crippen molar-refractivity contribution in [1.82, 2.24) is 20.2 Å². The largest absolute Gasteiger partial charge is 0.492 e. The molecule has 0 radical (unpaired) electrons. The van der Waals surface area contributed by atoms with Crippen LogP contribution in [0.25, 0.3) is 0 Å². The first kappa shape index (κ1) is 11.5. The fourth-order valence-corrected chi connectivity index (χ4v) is 2.90. The van der Waals surface area contributed by atoms with Crippen LogP contribution in [-0.2, 0) is 7.05 Å². The van der Waals surface area contributed by atoms with Crippen molar-refractivity contribution < 1.29 is 4.74 Å². The Hall–Kier alpha value is -1.60. The number of hydrogen-bond donors (Lipinski definition) is 1. The number of aromatic nitrogens is 4. The average Bonchev–Trinajstić information content (AvgIpc) is 2.79. The van der Waals surface area contributed by atoms with Gasteiger partial charge < -0.3 is 10.5 Å². The summed E-state index contributed by atoms with van der Waals surface area (Å²) in [5.41, 5.74) is 7.32. The second-order valence-corrected chi connectivity index (χ2v) is 5.32. The second-order valence-electron chi connectivity index (χ2n) is 4.12. The van der Waals surface area contributed by atoms with Crippen LogP contribution >= 0.6 is 11.8 Å². The number of thioether (sulfide) groups is 1. The predicted molar refractivity (Wildman–Crippen MR) is 67.3 cm³/mol. The third-order valence-electron chi connectivity index (χ3n) is 2.92. The summed E-state index contributed by atoms with van der Waals surface area (Å²) in [5, 5.41) is 12.2. The van der Waals surface area contributed by atoms with E-state index in [0.717, 1.165) is 16.5 Å². The van der Waals surface area contributed by atoms with Crippen molar-refractivity contribution in [2.24, 2.45) is 12.8 Å². The first-order valence-electron chi connectivity index (χ1n) is 5.62. The highest BCUT2D eigenvalue weighted by molar-refractivity contribution is 7.99. The molecule has 0 saturated heterocycles. The number of ether oxygens (including phenoxy) is 1. The summed E-state index contributed by atoms with van der Waals surface area (Å²) in [6.07, 6.45) is 0. The molecule has 1 aliphatic rings. The highest BCUT2D eigenvalue weighted by Gasteiger charge is 2.29. The Balaban J connectivity index is 1.83. The molecule has 18 heavy (non-hydrogen) atoms. The maximum absolute atomic E-state index is 6.28. The molecule has 2 unspecified atom stereocenters. The van der Waals surface area contributed by atoms with Crippen LogP contribution in [0.4, 0.5) is 0 Å². The number of tetrazole rings is 1. The van der Waals surface area contributed by atoms with Crippen LogP contribution in [0.2, 0.25) is 0 Å². The van der Waals surface area contributed by atoms with Gasteiger partial charge in [-0.1, -0.05) is 30.0 Å². The molecule has 1 aromatic carbocycles. The van der Waals surface area contributed by atoms with Crippen LogP contribution in [0.3, 0.4) is 0 Å². The molecule has 2 heterocycles. The first-order chi connectivity index (χ1) is 8.75. The predicted octanol–water partition coefficient (Wildman–Crippen LogP) is 0.763. The Morgan fingerprint density at radius 3 is 3.06 bits per heavy atom. The zero-order valence-corrected chi connectivity index (χ0v) is 10.7. The van der Waals surface area contributed by atoms with E-state index in [0.29, 0.717) is 6.61 Å². The van der Waals surface area contributed by atoms with E-state index < -0.39 is 0 Å². The lowest BCUT2D eigenvalue weighted by atomic mass is 10.0. The molecule has 2 aromatic rings. The molecule has 3 rings (SSSR count). The SMILES string of the molecule is Cn1nnnc1SC1COc2ccccc2C1N. The van der Waals surface area contributed by atoms with Crippen LogP contribution in [0.5, 0.6) is 5.75 Å². The second kappa shape index (κ2) is 4.58. The zero-order valence-electron chi connectivity index (χ0n) is 9.85. The van der Waals surface area contributed by atoms with Crippen molar-refractivity contribution >= 4 is 11.8 Å². The van der Waals surface area contributed by atoms with Crippen LogP contribution < -0.4 is 10.5 Å². The fourth-order valence-electron chi connectivity index (χ4n) is 1.93. The lowest BCUT2D eigenvalue weighted by Crippen LogP contribution is -2.33. The Morgan fingerprint density at radius 2 is 2.28 bits per heavy atom. The molecule has 2 N–H and O–H groups in total. The Labute approximate surface area is 109 Å². The van der Waals surface area contributed by atoms with Gasteiger partial charge in [-0.15, -0.1) is 5.10 Å². The molecule has 0 saturated carbocycles. The number of fused-ring (bicyclic) bond motifs is 1. The van der Waals surface area contributed by atoms with Gasteiger partial charge in [0.15, 0.2) is 0 Å². The van der Waals surface area contributed by atoms with Crippen molar-refractivity contribution in [3.63, 3.8) is 0 Å². The van der Waals surface area contributed by atoms with Gasteiger partial charge in [-0.25, -0.2) is 4.68 Å². The van der Waals surface area contributed by atoms with Crippen LogP contribution in [-0.4, -0.2) is 32.1 Å². The summed E-state index contributed by atoms with van der Waals surface area (Å²) in [6.45, 7) is 0.565. The smallest absolute Gasteiger partial charge is 0.209 e. The molecular formula is C11H13N5OS. The van der Waals surface area contributed by atoms with Crippen molar-refractivity contribution in [3.8, 4) is 5.75 Å². The molecule has 0 aliphatic carbocycles. The van der Waals surface area contributed by atoms with Crippen molar-refractivity contribution in [2.75, 3.05) is 6.61 Å². The molecule has 0 amide bonds. The van der Waals surface area contributed by atoms with Crippen molar-refractivity contribution in [3.05, 3.63) is 29.8 Å². The van der Waals surface area contributed by atoms with Crippen molar-refractivity contribution in [1.29, 1.82) is 0 Å². The van der Waals surface area contributed by atoms with Crippen LogP contribution in [0, 0.1) is 0 Å². The van der Waals surface area contributed by atoms with E-state index >= 15 is 0 Å². The van der Waals surface area contributed by atoms with Gasteiger partial charge in [0.25, 0.3) is 0 Å². The molecule has 1 aliphatic heterocycles. The highest BCUT2D eigenvalue weighted by atomic mass is 32.2. The lowest BCUT2D eigenvalue weighted by Gasteiger charge is -2.30. The summed E-state index contributed by atoms with van der Waals surface area (Å²) in [6, 6.07) is 7.79. The molecule has 2 atom stereocenters. The van der Waals surface area contributed by atoms with E-state index in [2.05, 4.69) is 15.5 Å². The summed E-state index contributed by atoms with van der Waals surface area (Å²) in [7, 11) is 1.81. The van der Waals surface area contributed by atoms with Gasteiger partial charge in [-0.3, -0.25) is 0 Å². The highest BCUT2D eigenvalue weighted by Crippen LogP contribution is 2.37. The summed E-state index contributed by atoms with van der Waals surface area (Å²) in [5.74, 6) is 0.873. The van der Waals surface area contributed by atoms with Gasteiger partial charge in [0.1, 0.15) is 12.4 Å². The van der Waals surface area contributed by atoms with Gasteiger partial charge in [0.05, 0.1) is 5.25 Å². The minimum absolute atomic E-state index is 0.0725. The first-order valence-corrected chi connectivity index (χ1v) is 6.50. The number of nitrogens with zero attached hydrogens (tertiary/aromatic N) is 4. The topological polar surface area (TPSA) is 78.8 Å². The molecule has 1 aromatic heterocycles. The number of hydrogen-bond acceptors (Lipinski definition) is 6. The van der Waals surface area contributed by atoms with E-state index in [1.807, 2.05) is 31.3 Å². The Morgan fingerprint density at radius 1 is 1.44 bits per heavy atom. The molecule has 0 bridgehead atoms. The Bertz CT molecular complexity index is 558. The third kappa shape index (κ3) is 1.95. The maximum Gasteiger partial charge on any atom is 0.209 e. The molecule has 6 nitrogen and oxygen atoms in total. The molecular weight excluding hydrogens is 250 g/mol. The van der Waals surface area contributed by atoms with Crippen molar-refractivity contribution in [2.45, 2.75) is 16.4 Å². The number of para-hydroxylation sites is 1. The minimum atomic E-state index is -0.0725. The van der Waals surface area contributed by atoms with E-state index in [4.69, 9.17) is 10.5 Å². The van der Waals surface area contributed by atoms with E-state index in [-0.39, 0.29) is 11.3 Å². The number of benzene rings is 1. The van der Waals surface area contributed by atoms with Gasteiger partial charge in [-0.2, -0.15) is 0 Å². The molecule has 94 valence electrons. The molecule has 7 heteroatoms. The van der Waals surface area contributed by atoms with Gasteiger partial charge >= 0.3 is 0 Å². The monoisotopic (exact) mass is 263 g/mol. The normalized spacial score (nSPS) is 22.3. The molecule has 0 spiro atoms. The quantitative estimate of drug-likeness (QED) is 0.862.